The van der Waals surface area contributed by atoms with E-state index in [4.69, 9.17) is 10.2 Å². The highest BCUT2D eigenvalue weighted by Crippen LogP contribution is 2.28. The van der Waals surface area contributed by atoms with Gasteiger partial charge in [0.25, 0.3) is 0 Å². The zero-order valence-corrected chi connectivity index (χ0v) is 13.6. The number of carboxylic acid groups (broad SMARTS) is 1. The maximum Gasteiger partial charge on any atom is 0.303 e. The van der Waals surface area contributed by atoms with Crippen molar-refractivity contribution in [3.05, 3.63) is 66.2 Å². The SMILES string of the molecule is O=C(O)CCC1=NN(c2ccccc2)[C@@H](CCc2ccccc2)C1. The van der Waals surface area contributed by atoms with Crippen LogP contribution >= 0.6 is 0 Å². The lowest BCUT2D eigenvalue weighted by Crippen LogP contribution is -2.26. The van der Waals surface area contributed by atoms with Gasteiger partial charge in [-0.3, -0.25) is 9.80 Å². The van der Waals surface area contributed by atoms with Crippen LogP contribution in [0.25, 0.3) is 0 Å². The number of benzene rings is 2. The van der Waals surface area contributed by atoms with Gasteiger partial charge in [-0.05, 0) is 37.0 Å². The zero-order chi connectivity index (χ0) is 16.8. The summed E-state index contributed by atoms with van der Waals surface area (Å²) >= 11 is 0. The van der Waals surface area contributed by atoms with Gasteiger partial charge in [-0.25, -0.2) is 0 Å². The summed E-state index contributed by atoms with van der Waals surface area (Å²) in [5.41, 5.74) is 3.38. The largest absolute Gasteiger partial charge is 0.481 e. The van der Waals surface area contributed by atoms with Gasteiger partial charge in [0.15, 0.2) is 0 Å². The van der Waals surface area contributed by atoms with Gasteiger partial charge in [0.1, 0.15) is 0 Å². The molecule has 4 nitrogen and oxygen atoms in total. The number of hydrogen-bond acceptors (Lipinski definition) is 3. The standard InChI is InChI=1S/C20H22N2O2/c23-20(24)14-12-17-15-19(13-11-16-7-3-1-4-8-16)22(21-17)18-9-5-2-6-10-18/h1-10,19H,11-15H2,(H,23,24)/t19-/m0/s1. The second-order valence-electron chi connectivity index (χ2n) is 6.12. The van der Waals surface area contributed by atoms with Crippen molar-refractivity contribution < 1.29 is 9.90 Å². The van der Waals surface area contributed by atoms with Gasteiger partial charge in [0.2, 0.25) is 0 Å². The van der Waals surface area contributed by atoms with E-state index < -0.39 is 5.97 Å². The predicted molar refractivity (Wildman–Crippen MR) is 96.4 cm³/mol. The minimum absolute atomic E-state index is 0.146. The minimum Gasteiger partial charge on any atom is -0.481 e. The van der Waals surface area contributed by atoms with Crippen molar-refractivity contribution in [3.8, 4) is 0 Å². The van der Waals surface area contributed by atoms with Crippen molar-refractivity contribution in [2.24, 2.45) is 5.10 Å². The van der Waals surface area contributed by atoms with Crippen molar-refractivity contribution in [1.82, 2.24) is 0 Å². The van der Waals surface area contributed by atoms with E-state index in [-0.39, 0.29) is 12.5 Å². The Morgan fingerprint density at radius 2 is 1.71 bits per heavy atom. The van der Waals surface area contributed by atoms with Gasteiger partial charge in [0.05, 0.1) is 18.2 Å². The van der Waals surface area contributed by atoms with E-state index in [2.05, 4.69) is 41.4 Å². The Morgan fingerprint density at radius 1 is 1.04 bits per heavy atom. The zero-order valence-electron chi connectivity index (χ0n) is 13.6. The molecule has 0 amide bonds. The predicted octanol–water partition coefficient (Wildman–Crippen LogP) is 4.12. The Kier molecular flexibility index (Phi) is 5.26. The molecule has 0 aliphatic carbocycles. The molecular formula is C20H22N2O2. The molecule has 0 aromatic heterocycles. The molecule has 1 N–H and O–H groups in total. The lowest BCUT2D eigenvalue weighted by Gasteiger charge is -2.23. The van der Waals surface area contributed by atoms with Gasteiger partial charge in [-0.15, -0.1) is 0 Å². The summed E-state index contributed by atoms with van der Waals surface area (Å²) in [7, 11) is 0. The number of rotatable bonds is 7. The van der Waals surface area contributed by atoms with Crippen molar-refractivity contribution in [2.75, 3.05) is 5.01 Å². The molecule has 2 aromatic rings. The third kappa shape index (κ3) is 4.22. The van der Waals surface area contributed by atoms with Crippen molar-refractivity contribution in [3.63, 3.8) is 0 Å². The Hall–Kier alpha value is -2.62. The molecule has 2 aromatic carbocycles. The fraction of sp³-hybridized carbons (Fsp3) is 0.300. The number of aliphatic carboxylic acids is 1. The highest BCUT2D eigenvalue weighted by Gasteiger charge is 2.27. The minimum atomic E-state index is -0.767. The van der Waals surface area contributed by atoms with E-state index in [1.807, 2.05) is 24.3 Å². The van der Waals surface area contributed by atoms with Gasteiger partial charge in [-0.2, -0.15) is 5.10 Å². The van der Waals surface area contributed by atoms with Crippen LogP contribution in [0.4, 0.5) is 5.69 Å². The fourth-order valence-electron chi connectivity index (χ4n) is 3.09. The topological polar surface area (TPSA) is 52.9 Å². The van der Waals surface area contributed by atoms with Crippen LogP contribution in [-0.2, 0) is 11.2 Å². The summed E-state index contributed by atoms with van der Waals surface area (Å²) in [6, 6.07) is 20.9. The van der Waals surface area contributed by atoms with Crippen LogP contribution in [-0.4, -0.2) is 22.8 Å². The second kappa shape index (κ2) is 7.77. The molecule has 0 bridgehead atoms. The molecule has 0 unspecified atom stereocenters. The van der Waals surface area contributed by atoms with E-state index in [0.29, 0.717) is 6.42 Å². The molecule has 0 radical (unpaired) electrons. The quantitative estimate of drug-likeness (QED) is 0.834. The number of anilines is 1. The van der Waals surface area contributed by atoms with Gasteiger partial charge in [-0.1, -0.05) is 48.5 Å². The van der Waals surface area contributed by atoms with Crippen LogP contribution in [0.3, 0.4) is 0 Å². The van der Waals surface area contributed by atoms with Crippen LogP contribution in [0.5, 0.6) is 0 Å². The smallest absolute Gasteiger partial charge is 0.303 e. The first-order valence-corrected chi connectivity index (χ1v) is 8.39. The average molecular weight is 322 g/mol. The Balaban J connectivity index is 1.70. The van der Waals surface area contributed by atoms with Gasteiger partial charge in [0, 0.05) is 12.1 Å². The highest BCUT2D eigenvalue weighted by atomic mass is 16.4. The number of para-hydroxylation sites is 1. The number of nitrogens with zero attached hydrogens (tertiary/aromatic N) is 2. The van der Waals surface area contributed by atoms with Crippen LogP contribution in [0.1, 0.15) is 31.2 Å². The van der Waals surface area contributed by atoms with Crippen LogP contribution in [0, 0.1) is 0 Å². The van der Waals surface area contributed by atoms with Gasteiger partial charge < -0.3 is 5.11 Å². The molecule has 1 aliphatic rings. The summed E-state index contributed by atoms with van der Waals surface area (Å²) in [6.07, 6.45) is 3.51. The molecule has 3 rings (SSSR count). The molecule has 1 heterocycles. The lowest BCUT2D eigenvalue weighted by molar-refractivity contribution is -0.136. The van der Waals surface area contributed by atoms with E-state index in [1.54, 1.807) is 0 Å². The third-order valence-corrected chi connectivity index (χ3v) is 4.32. The van der Waals surface area contributed by atoms with Crippen LogP contribution in [0.2, 0.25) is 0 Å². The molecule has 0 fully saturated rings. The number of hydrogen-bond donors (Lipinski definition) is 1. The second-order valence-corrected chi connectivity index (χ2v) is 6.12. The molecule has 1 aliphatic heterocycles. The fourth-order valence-corrected chi connectivity index (χ4v) is 3.09. The molecule has 4 heteroatoms. The van der Waals surface area contributed by atoms with E-state index in [9.17, 15) is 4.79 Å². The number of aryl methyl sites for hydroxylation is 1. The highest BCUT2D eigenvalue weighted by molar-refractivity contribution is 5.90. The van der Waals surface area contributed by atoms with E-state index in [0.717, 1.165) is 30.7 Å². The lowest BCUT2D eigenvalue weighted by atomic mass is 10.00. The molecule has 0 spiro atoms. The summed E-state index contributed by atoms with van der Waals surface area (Å²) in [5, 5.41) is 15.7. The van der Waals surface area contributed by atoms with Crippen LogP contribution in [0.15, 0.2) is 65.8 Å². The van der Waals surface area contributed by atoms with Crippen molar-refractivity contribution in [2.45, 2.75) is 38.1 Å². The maximum absolute atomic E-state index is 10.8. The molecule has 1 atom stereocenters. The first-order valence-electron chi connectivity index (χ1n) is 8.39. The Labute approximate surface area is 142 Å². The number of carboxylic acids is 1. The van der Waals surface area contributed by atoms with Crippen LogP contribution < -0.4 is 5.01 Å². The number of hydrazone groups is 1. The van der Waals surface area contributed by atoms with Gasteiger partial charge >= 0.3 is 5.97 Å². The summed E-state index contributed by atoms with van der Waals surface area (Å²) in [6.45, 7) is 0. The third-order valence-electron chi connectivity index (χ3n) is 4.32. The summed E-state index contributed by atoms with van der Waals surface area (Å²) in [5.74, 6) is -0.767. The maximum atomic E-state index is 10.8. The molecule has 0 saturated carbocycles. The average Bonchev–Trinajstić information content (AvgIpc) is 3.03. The van der Waals surface area contributed by atoms with E-state index >= 15 is 0 Å². The monoisotopic (exact) mass is 322 g/mol. The summed E-state index contributed by atoms with van der Waals surface area (Å²) in [4.78, 5) is 10.8. The molecular weight excluding hydrogens is 300 g/mol. The first-order chi connectivity index (χ1) is 11.7. The van der Waals surface area contributed by atoms with E-state index in [1.165, 1.54) is 5.56 Å². The first kappa shape index (κ1) is 16.2. The Bertz CT molecular complexity index is 698. The Morgan fingerprint density at radius 3 is 2.38 bits per heavy atom. The molecule has 124 valence electrons. The number of carbonyl (C=O) groups is 1. The normalized spacial score (nSPS) is 16.9. The molecule has 0 saturated heterocycles. The summed E-state index contributed by atoms with van der Waals surface area (Å²) < 4.78 is 0. The van der Waals surface area contributed by atoms with Crippen molar-refractivity contribution in [1.29, 1.82) is 0 Å². The van der Waals surface area contributed by atoms with Crippen molar-refractivity contribution >= 4 is 17.4 Å². The molecule has 24 heavy (non-hydrogen) atoms.